The van der Waals surface area contributed by atoms with Gasteiger partial charge in [0.2, 0.25) is 0 Å². The van der Waals surface area contributed by atoms with Gasteiger partial charge >= 0.3 is 19.8 Å². The first-order valence-corrected chi connectivity index (χ1v) is 19.4. The molecule has 0 spiro atoms. The first kappa shape index (κ1) is 43.9. The number of carbonyl (C=O) groups excluding carboxylic acids is 2. The lowest BCUT2D eigenvalue weighted by molar-refractivity contribution is -0.870. The molecular formula is C34H68N2O10P+. The molecular weight excluding hydrogens is 627 g/mol. The molecule has 1 aliphatic rings. The first-order chi connectivity index (χ1) is 22.1. The van der Waals surface area contributed by atoms with Crippen molar-refractivity contribution in [2.24, 2.45) is 0 Å². The minimum atomic E-state index is -4.41. The Morgan fingerprint density at radius 3 is 1.98 bits per heavy atom. The molecule has 13 heteroatoms. The van der Waals surface area contributed by atoms with E-state index in [-0.39, 0.29) is 37.7 Å². The molecule has 1 aliphatic heterocycles. The van der Waals surface area contributed by atoms with Crippen LogP contribution in [0.5, 0.6) is 0 Å². The van der Waals surface area contributed by atoms with E-state index in [4.69, 9.17) is 28.1 Å². The van der Waals surface area contributed by atoms with Crippen LogP contribution in [0.25, 0.3) is 0 Å². The number of likely N-dealkylation sites (N-methyl/N-ethyl adjacent to an activating group) is 1. The number of quaternary nitrogens is 1. The van der Waals surface area contributed by atoms with Crippen LogP contribution in [-0.2, 0) is 42.2 Å². The molecule has 1 saturated heterocycles. The Morgan fingerprint density at radius 2 is 1.45 bits per heavy atom. The summed E-state index contributed by atoms with van der Waals surface area (Å²) < 4.78 is 39.5. The topological polar surface area (TPSA) is 130 Å². The zero-order valence-electron chi connectivity index (χ0n) is 30.7. The molecule has 1 fully saturated rings. The number of carbonyl (C=O) groups is 2. The maximum Gasteiger partial charge on any atom is 0.472 e. The molecule has 1 N–H and O–H groups in total. The van der Waals surface area contributed by atoms with Gasteiger partial charge in [-0.3, -0.25) is 23.5 Å². The maximum absolute atomic E-state index is 12.7. The van der Waals surface area contributed by atoms with Crippen LogP contribution in [0.15, 0.2) is 0 Å². The summed E-state index contributed by atoms with van der Waals surface area (Å²) in [6.45, 7) is 8.78. The van der Waals surface area contributed by atoms with E-state index in [0.29, 0.717) is 30.8 Å². The van der Waals surface area contributed by atoms with Gasteiger partial charge in [-0.25, -0.2) is 4.57 Å². The third kappa shape index (κ3) is 23.8. The van der Waals surface area contributed by atoms with Crippen LogP contribution in [0.4, 0.5) is 0 Å². The minimum Gasteiger partial charge on any atom is -0.462 e. The Labute approximate surface area is 285 Å². The lowest BCUT2D eigenvalue weighted by atomic mass is 10.0. The standard InChI is InChI=1S/C34H67N2O10P/c1-8-9-10-11-12-13-14-15-16-17-18-19-20-21-32(37)42-26-31(27-44-47(39,40)43-25-24-36(5,6)7)45-33(38)23-22-30(2)46-35-29-41-28-34(35,3)4/h30-31H,8-29H2,1-7H3/p+1/t30?,31-/m1/s1. The zero-order chi connectivity index (χ0) is 35.2. The monoisotopic (exact) mass is 695 g/mol. The largest absolute Gasteiger partial charge is 0.472 e. The van der Waals surface area contributed by atoms with Crippen LogP contribution >= 0.6 is 7.82 Å². The molecule has 2 unspecified atom stereocenters. The minimum absolute atomic E-state index is 0.00654. The number of phosphoric acid groups is 1. The summed E-state index contributed by atoms with van der Waals surface area (Å²) in [5, 5.41) is 1.76. The van der Waals surface area contributed by atoms with E-state index >= 15 is 0 Å². The average molecular weight is 696 g/mol. The highest BCUT2D eigenvalue weighted by atomic mass is 31.2. The first-order valence-electron chi connectivity index (χ1n) is 17.9. The molecule has 0 bridgehead atoms. The molecule has 0 aliphatic carbocycles. The van der Waals surface area contributed by atoms with Crippen LogP contribution in [0.3, 0.4) is 0 Å². The molecule has 0 aromatic heterocycles. The van der Waals surface area contributed by atoms with Crippen molar-refractivity contribution < 1.29 is 51.6 Å². The number of hydrogen-bond donors (Lipinski definition) is 1. The van der Waals surface area contributed by atoms with Crippen LogP contribution in [0, 0.1) is 0 Å². The Bertz CT molecular complexity index is 899. The lowest BCUT2D eigenvalue weighted by Crippen LogP contribution is -2.42. The summed E-state index contributed by atoms with van der Waals surface area (Å²) in [7, 11) is 1.38. The maximum atomic E-state index is 12.7. The van der Waals surface area contributed by atoms with Crippen molar-refractivity contribution in [3.63, 3.8) is 0 Å². The van der Waals surface area contributed by atoms with Gasteiger partial charge in [0.1, 0.15) is 26.5 Å². The second-order valence-corrected chi connectivity index (χ2v) is 16.0. The SMILES string of the molecule is CCCCCCCCCCCCCCCC(=O)OC[C@H](COP(=O)(O)OCC[N+](C)(C)C)OC(=O)CCC(C)ON1COCC1(C)C. The molecule has 1 rings (SSSR count). The Morgan fingerprint density at radius 1 is 0.872 bits per heavy atom. The number of phosphoric ester groups is 1. The Balaban J connectivity index is 2.43. The van der Waals surface area contributed by atoms with Gasteiger partial charge < -0.3 is 23.6 Å². The number of hydrogen-bond acceptors (Lipinski definition) is 10. The van der Waals surface area contributed by atoms with Gasteiger partial charge in [0.25, 0.3) is 0 Å². The summed E-state index contributed by atoms with van der Waals surface area (Å²) in [5.41, 5.74) is -0.264. The van der Waals surface area contributed by atoms with E-state index in [0.717, 1.165) is 19.3 Å². The fourth-order valence-corrected chi connectivity index (χ4v) is 5.68. The van der Waals surface area contributed by atoms with Crippen molar-refractivity contribution in [3.8, 4) is 0 Å². The smallest absolute Gasteiger partial charge is 0.462 e. The number of ether oxygens (including phenoxy) is 3. The molecule has 12 nitrogen and oxygen atoms in total. The Hall–Kier alpha value is -1.11. The highest BCUT2D eigenvalue weighted by Crippen LogP contribution is 2.43. The van der Waals surface area contributed by atoms with Crippen molar-refractivity contribution in [1.29, 1.82) is 0 Å². The van der Waals surface area contributed by atoms with E-state index in [1.165, 1.54) is 64.2 Å². The van der Waals surface area contributed by atoms with Gasteiger partial charge in [0, 0.05) is 12.8 Å². The molecule has 0 amide bonds. The van der Waals surface area contributed by atoms with Crippen molar-refractivity contribution in [2.75, 3.05) is 60.8 Å². The van der Waals surface area contributed by atoms with Gasteiger partial charge in [-0.1, -0.05) is 84.0 Å². The molecule has 0 saturated carbocycles. The predicted octanol–water partition coefficient (Wildman–Crippen LogP) is 6.93. The number of unbranched alkanes of at least 4 members (excludes halogenated alkanes) is 12. The van der Waals surface area contributed by atoms with Crippen LogP contribution < -0.4 is 0 Å². The molecule has 1 heterocycles. The van der Waals surface area contributed by atoms with E-state index < -0.39 is 32.5 Å². The molecule has 0 aromatic rings. The van der Waals surface area contributed by atoms with Crippen molar-refractivity contribution in [3.05, 3.63) is 0 Å². The number of rotatable bonds is 29. The van der Waals surface area contributed by atoms with Crippen molar-refractivity contribution in [1.82, 2.24) is 5.06 Å². The molecule has 3 atom stereocenters. The normalized spacial score (nSPS) is 17.7. The summed E-state index contributed by atoms with van der Waals surface area (Å²) >= 11 is 0. The van der Waals surface area contributed by atoms with E-state index in [2.05, 4.69) is 6.92 Å². The summed E-state index contributed by atoms with van der Waals surface area (Å²) in [4.78, 5) is 41.2. The van der Waals surface area contributed by atoms with Crippen LogP contribution in [0.1, 0.15) is 130 Å². The lowest BCUT2D eigenvalue weighted by Gasteiger charge is -2.30. The van der Waals surface area contributed by atoms with Gasteiger partial charge in [0.05, 0.1) is 46.0 Å². The second-order valence-electron chi connectivity index (χ2n) is 14.5. The number of nitrogens with zero attached hydrogens (tertiary/aromatic N) is 2. The second kappa shape index (κ2) is 24.1. The fraction of sp³-hybridized carbons (Fsp3) is 0.941. The Kier molecular flexibility index (Phi) is 22.5. The third-order valence-corrected chi connectivity index (χ3v) is 9.04. The average Bonchev–Trinajstić information content (AvgIpc) is 3.31. The molecule has 0 radical (unpaired) electrons. The zero-order valence-corrected chi connectivity index (χ0v) is 31.6. The quantitative estimate of drug-likeness (QED) is 0.0378. The highest BCUT2D eigenvalue weighted by molar-refractivity contribution is 7.47. The summed E-state index contributed by atoms with van der Waals surface area (Å²) in [6, 6.07) is 0. The van der Waals surface area contributed by atoms with Gasteiger partial charge in [-0.05, 0) is 33.6 Å². The third-order valence-electron chi connectivity index (χ3n) is 8.05. The molecule has 0 aromatic carbocycles. The highest BCUT2D eigenvalue weighted by Gasteiger charge is 2.35. The van der Waals surface area contributed by atoms with Crippen LogP contribution in [0.2, 0.25) is 0 Å². The molecule has 278 valence electrons. The number of esters is 2. The van der Waals surface area contributed by atoms with E-state index in [9.17, 15) is 19.0 Å². The fourth-order valence-electron chi connectivity index (χ4n) is 4.94. The number of hydroxylamine groups is 2. The van der Waals surface area contributed by atoms with Crippen LogP contribution in [-0.4, -0.2) is 105 Å². The van der Waals surface area contributed by atoms with Crippen molar-refractivity contribution in [2.45, 2.75) is 148 Å². The van der Waals surface area contributed by atoms with Gasteiger partial charge in [-0.15, -0.1) is 0 Å². The van der Waals surface area contributed by atoms with Gasteiger partial charge in [0.15, 0.2) is 6.10 Å². The summed E-state index contributed by atoms with van der Waals surface area (Å²) in [6.07, 6.45) is 15.1. The molecule has 47 heavy (non-hydrogen) atoms. The van der Waals surface area contributed by atoms with Crippen molar-refractivity contribution >= 4 is 19.8 Å². The van der Waals surface area contributed by atoms with Gasteiger partial charge in [-0.2, -0.15) is 5.06 Å². The van der Waals surface area contributed by atoms with E-state index in [1.54, 1.807) is 5.06 Å². The predicted molar refractivity (Wildman–Crippen MR) is 182 cm³/mol. The summed E-state index contributed by atoms with van der Waals surface area (Å²) in [5.74, 6) is -0.963. The van der Waals surface area contributed by atoms with E-state index in [1.807, 2.05) is 41.9 Å².